The summed E-state index contributed by atoms with van der Waals surface area (Å²) in [7, 11) is -4.80. The molecule has 0 saturated heterocycles. The molecule has 0 aliphatic heterocycles. The van der Waals surface area contributed by atoms with E-state index >= 15 is 0 Å². The first kappa shape index (κ1) is 28.5. The number of hydrogen-bond donors (Lipinski definition) is 1. The highest BCUT2D eigenvalue weighted by atomic mass is 79.9. The Bertz CT molecular complexity index is 1320. The maximum absolute atomic E-state index is 12.9. The maximum atomic E-state index is 12.9. The molecule has 0 aliphatic rings. The van der Waals surface area contributed by atoms with Crippen molar-refractivity contribution in [1.29, 1.82) is 0 Å². The quantitative estimate of drug-likeness (QED) is 0.173. The number of rotatable bonds is 9. The van der Waals surface area contributed by atoms with Crippen molar-refractivity contribution in [2.75, 3.05) is 11.9 Å². The van der Waals surface area contributed by atoms with Crippen molar-refractivity contribution in [1.82, 2.24) is 0 Å². The second kappa shape index (κ2) is 12.8. The number of amides is 1. The Hall–Kier alpha value is -2.73. The molecular formula is C22H19BrCl2FN3O5S. The number of carbonyl (C=O) groups is 1. The summed E-state index contributed by atoms with van der Waals surface area (Å²) in [6, 6.07) is 12.8. The van der Waals surface area contributed by atoms with Gasteiger partial charge in [-0.25, -0.2) is 0 Å². The van der Waals surface area contributed by atoms with Gasteiger partial charge in [-0.15, -0.1) is 20.9 Å². The highest BCUT2D eigenvalue weighted by Gasteiger charge is 2.13. The normalized spacial score (nSPS) is 11.5. The number of aromatic nitrogens is 1. The number of halogens is 4. The van der Waals surface area contributed by atoms with Crippen LogP contribution >= 0.6 is 40.2 Å². The largest absolute Gasteiger partial charge is 0.860 e. The van der Waals surface area contributed by atoms with Gasteiger partial charge in [0, 0.05) is 23.4 Å². The first-order valence-electron chi connectivity index (χ1n) is 9.71. The molecular weight excluding hydrogens is 588 g/mol. The molecule has 1 amide bonds. The van der Waals surface area contributed by atoms with Gasteiger partial charge in [0.2, 0.25) is 6.54 Å². The molecule has 1 heterocycles. The molecule has 186 valence electrons. The third kappa shape index (κ3) is 9.10. The second-order valence-electron chi connectivity index (χ2n) is 6.97. The van der Waals surface area contributed by atoms with Crippen molar-refractivity contribution < 1.29 is 31.5 Å². The third-order valence-electron chi connectivity index (χ3n) is 4.36. The number of anilines is 1. The Morgan fingerprint density at radius 3 is 2.49 bits per heavy atom. The molecule has 35 heavy (non-hydrogen) atoms. The van der Waals surface area contributed by atoms with Crippen molar-refractivity contribution >= 4 is 67.9 Å². The van der Waals surface area contributed by atoms with Gasteiger partial charge in [0.15, 0.2) is 12.4 Å². The predicted molar refractivity (Wildman–Crippen MR) is 133 cm³/mol. The fourth-order valence-corrected chi connectivity index (χ4v) is 3.52. The summed E-state index contributed by atoms with van der Waals surface area (Å²) in [5.74, 6) is -0.471. The summed E-state index contributed by atoms with van der Waals surface area (Å²) in [4.78, 5) is 15.7. The molecule has 0 aliphatic carbocycles. The Balaban J connectivity index is 0.00000432. The molecule has 1 N–H and O–H groups in total. The van der Waals surface area contributed by atoms with Crippen molar-refractivity contribution in [2.45, 2.75) is 18.0 Å². The van der Waals surface area contributed by atoms with E-state index in [9.17, 15) is 22.2 Å². The number of benzene rings is 2. The predicted octanol–water partition coefficient (Wildman–Crippen LogP) is 3.49. The third-order valence-corrected chi connectivity index (χ3v) is 5.93. The molecule has 0 radical (unpaired) electrons. The molecule has 1 aromatic heterocycles. The van der Waals surface area contributed by atoms with E-state index in [4.69, 9.17) is 27.9 Å². The van der Waals surface area contributed by atoms with Gasteiger partial charge in [-0.05, 0) is 48.4 Å². The number of aliphatic imine (C=N–C) groups is 1. The van der Waals surface area contributed by atoms with E-state index in [2.05, 4.69) is 10.3 Å². The molecule has 0 spiro atoms. The summed E-state index contributed by atoms with van der Waals surface area (Å²) in [6.07, 6.45) is 3.33. The minimum absolute atomic E-state index is 0. The van der Waals surface area contributed by atoms with E-state index in [1.807, 2.05) is 0 Å². The fourth-order valence-electron chi connectivity index (χ4n) is 2.77. The van der Waals surface area contributed by atoms with Crippen molar-refractivity contribution in [2.24, 2.45) is 4.99 Å². The van der Waals surface area contributed by atoms with Gasteiger partial charge in [0.1, 0.15) is 12.4 Å². The minimum Gasteiger partial charge on any atom is -0.860 e. The Morgan fingerprint density at radius 1 is 1.11 bits per heavy atom. The van der Waals surface area contributed by atoms with Crippen LogP contribution in [-0.4, -0.2) is 26.8 Å². The number of nitrogens with zero attached hydrogens (tertiary/aromatic N) is 2. The fraction of sp³-hybridized carbons (Fsp3) is 0.136. The van der Waals surface area contributed by atoms with Gasteiger partial charge >= 0.3 is 10.2 Å². The number of pyridine rings is 1. The second-order valence-corrected chi connectivity index (χ2v) is 9.13. The molecule has 0 fully saturated rings. The van der Waals surface area contributed by atoms with E-state index in [1.54, 1.807) is 41.2 Å². The Morgan fingerprint density at radius 2 is 1.83 bits per heavy atom. The van der Waals surface area contributed by atoms with Crippen molar-refractivity contribution in [3.63, 3.8) is 0 Å². The van der Waals surface area contributed by atoms with Gasteiger partial charge in [-0.3, -0.25) is 9.79 Å². The smallest absolute Gasteiger partial charge is 0.332 e. The first-order valence-corrected chi connectivity index (χ1v) is 11.8. The molecule has 3 aromatic rings. The van der Waals surface area contributed by atoms with Crippen molar-refractivity contribution in [3.8, 4) is 5.75 Å². The summed E-state index contributed by atoms with van der Waals surface area (Å²) >= 11 is 11.7. The minimum atomic E-state index is -4.80. The van der Waals surface area contributed by atoms with E-state index in [1.165, 1.54) is 18.2 Å². The SMILES string of the molecule is Br.O=C(C[n+]1cccc(CN=C([O-])COc2ccc(Cl)c(Cl)c2)c1)Nc1ccc(S(=O)(=O)F)cc1. The van der Waals surface area contributed by atoms with Gasteiger partial charge in [-0.1, -0.05) is 23.2 Å². The molecule has 2 aromatic carbocycles. The topological polar surface area (TPSA) is 112 Å². The standard InChI is InChI=1S/C22H18Cl2FN3O5S.BrH/c23-19-8-5-17(10-20(19)24)33-14-22(30)26-11-15-2-1-9-28(12-15)13-21(29)27-16-3-6-18(7-4-16)34(25,31)32;/h1-10,12H,11,13-14H2,(H-,26,27,29,30);1H. The molecule has 3 rings (SSSR count). The lowest BCUT2D eigenvalue weighted by atomic mass is 10.3. The summed E-state index contributed by atoms with van der Waals surface area (Å²) in [6.45, 7) is -0.230. The average Bonchev–Trinajstić information content (AvgIpc) is 2.78. The van der Waals surface area contributed by atoms with Crippen LogP contribution in [-0.2, 0) is 28.1 Å². The lowest BCUT2D eigenvalue weighted by Gasteiger charge is -2.12. The maximum Gasteiger partial charge on any atom is 0.332 e. The lowest BCUT2D eigenvalue weighted by molar-refractivity contribution is -0.684. The van der Waals surface area contributed by atoms with Crippen LogP contribution in [0.25, 0.3) is 0 Å². The summed E-state index contributed by atoms with van der Waals surface area (Å²) < 4.78 is 41.6. The number of carbonyl (C=O) groups excluding carboxylic acids is 1. The van der Waals surface area contributed by atoms with Gasteiger partial charge in [0.25, 0.3) is 5.91 Å². The van der Waals surface area contributed by atoms with E-state index in [0.717, 1.165) is 12.1 Å². The molecule has 8 nitrogen and oxygen atoms in total. The van der Waals surface area contributed by atoms with Crippen LogP contribution in [0.4, 0.5) is 9.57 Å². The summed E-state index contributed by atoms with van der Waals surface area (Å²) in [5, 5.41) is 15.3. The highest BCUT2D eigenvalue weighted by Crippen LogP contribution is 2.26. The monoisotopic (exact) mass is 605 g/mol. The lowest BCUT2D eigenvalue weighted by Crippen LogP contribution is -2.40. The Kier molecular flexibility index (Phi) is 10.4. The molecule has 0 saturated carbocycles. The van der Waals surface area contributed by atoms with Gasteiger partial charge in [-0.2, -0.15) is 13.0 Å². The zero-order valence-electron chi connectivity index (χ0n) is 17.9. The van der Waals surface area contributed by atoms with Crippen LogP contribution in [0.5, 0.6) is 5.75 Å². The van der Waals surface area contributed by atoms with E-state index in [0.29, 0.717) is 27.0 Å². The average molecular weight is 607 g/mol. The van der Waals surface area contributed by atoms with Crippen LogP contribution in [0, 0.1) is 0 Å². The van der Waals surface area contributed by atoms with E-state index in [-0.39, 0.29) is 42.6 Å². The summed E-state index contributed by atoms with van der Waals surface area (Å²) in [5.41, 5.74) is 1.01. The molecule has 13 heteroatoms. The highest BCUT2D eigenvalue weighted by molar-refractivity contribution is 8.93. The van der Waals surface area contributed by atoms with Crippen LogP contribution in [0.1, 0.15) is 5.56 Å². The number of ether oxygens (including phenoxy) is 1. The van der Waals surface area contributed by atoms with Crippen LogP contribution < -0.4 is 19.7 Å². The van der Waals surface area contributed by atoms with Crippen molar-refractivity contribution in [3.05, 3.63) is 82.6 Å². The number of hydrogen-bond acceptors (Lipinski definition) is 6. The molecule has 0 bridgehead atoms. The van der Waals surface area contributed by atoms with Crippen LogP contribution in [0.15, 0.2) is 76.9 Å². The van der Waals surface area contributed by atoms with Crippen LogP contribution in [0.2, 0.25) is 10.0 Å². The number of nitrogens with one attached hydrogen (secondary N) is 1. The zero-order chi connectivity index (χ0) is 24.7. The van der Waals surface area contributed by atoms with Gasteiger partial charge < -0.3 is 15.2 Å². The Labute approximate surface area is 222 Å². The van der Waals surface area contributed by atoms with Crippen LogP contribution in [0.3, 0.4) is 0 Å². The first-order chi connectivity index (χ1) is 16.1. The molecule has 0 atom stereocenters. The van der Waals surface area contributed by atoms with E-state index < -0.39 is 21.0 Å². The molecule has 0 unspecified atom stereocenters. The zero-order valence-corrected chi connectivity index (χ0v) is 21.9. The van der Waals surface area contributed by atoms with Gasteiger partial charge in [0.05, 0.1) is 21.5 Å².